The number of nitrogens with one attached hydrogen (secondary N) is 2. The van der Waals surface area contributed by atoms with E-state index in [9.17, 15) is 4.79 Å². The average molecular weight is 262 g/mol. The Balaban J connectivity index is 1.89. The molecule has 104 valence electrons. The lowest BCUT2D eigenvalue weighted by atomic mass is 9.94. The zero-order valence-electron chi connectivity index (χ0n) is 11.7. The molecular weight excluding hydrogens is 240 g/mol. The third-order valence-electron chi connectivity index (χ3n) is 3.61. The van der Waals surface area contributed by atoms with Crippen molar-refractivity contribution in [3.63, 3.8) is 0 Å². The van der Waals surface area contributed by atoms with Crippen molar-refractivity contribution >= 4 is 11.6 Å². The highest BCUT2D eigenvalue weighted by Crippen LogP contribution is 2.22. The largest absolute Gasteiger partial charge is 0.496 e. The van der Waals surface area contributed by atoms with Gasteiger partial charge < -0.3 is 15.4 Å². The Bertz CT molecular complexity index is 440. The second kappa shape index (κ2) is 6.57. The fourth-order valence-electron chi connectivity index (χ4n) is 2.52. The zero-order valence-corrected chi connectivity index (χ0v) is 11.7. The third kappa shape index (κ3) is 3.96. The molecule has 0 aromatic heterocycles. The van der Waals surface area contributed by atoms with Gasteiger partial charge in [0.2, 0.25) is 5.91 Å². The molecule has 0 bridgehead atoms. The summed E-state index contributed by atoms with van der Waals surface area (Å²) in [5.74, 6) is 1.47. The molecule has 2 N–H and O–H groups in total. The van der Waals surface area contributed by atoms with Crippen LogP contribution in [0.2, 0.25) is 0 Å². The SMILES string of the molecule is COc1ccc(NC(=O)CC2CCNCC2)cc1C. The minimum atomic E-state index is 0.108. The number of carbonyl (C=O) groups is 1. The van der Waals surface area contributed by atoms with Crippen LogP contribution in [-0.4, -0.2) is 26.1 Å². The maximum atomic E-state index is 12.0. The lowest BCUT2D eigenvalue weighted by Gasteiger charge is -2.22. The van der Waals surface area contributed by atoms with Crippen molar-refractivity contribution in [1.29, 1.82) is 0 Å². The predicted molar refractivity (Wildman–Crippen MR) is 76.6 cm³/mol. The normalized spacial score (nSPS) is 16.1. The van der Waals surface area contributed by atoms with E-state index < -0.39 is 0 Å². The second-order valence-electron chi connectivity index (χ2n) is 5.13. The van der Waals surface area contributed by atoms with Gasteiger partial charge >= 0.3 is 0 Å². The van der Waals surface area contributed by atoms with Gasteiger partial charge in [-0.1, -0.05) is 0 Å². The van der Waals surface area contributed by atoms with E-state index >= 15 is 0 Å². The second-order valence-corrected chi connectivity index (χ2v) is 5.13. The number of hydrogen-bond acceptors (Lipinski definition) is 3. The number of piperidine rings is 1. The summed E-state index contributed by atoms with van der Waals surface area (Å²) in [4.78, 5) is 12.0. The molecule has 0 aliphatic carbocycles. The summed E-state index contributed by atoms with van der Waals surface area (Å²) in [6.45, 7) is 4.03. The molecule has 1 fully saturated rings. The van der Waals surface area contributed by atoms with Crippen LogP contribution in [-0.2, 0) is 4.79 Å². The van der Waals surface area contributed by atoms with Crippen molar-refractivity contribution < 1.29 is 9.53 Å². The van der Waals surface area contributed by atoms with Crippen molar-refractivity contribution in [1.82, 2.24) is 5.32 Å². The highest BCUT2D eigenvalue weighted by atomic mass is 16.5. The van der Waals surface area contributed by atoms with Gasteiger partial charge in [-0.15, -0.1) is 0 Å². The van der Waals surface area contributed by atoms with E-state index in [1.165, 1.54) is 0 Å². The molecule has 1 aliphatic heterocycles. The molecule has 1 aromatic carbocycles. The molecule has 1 aromatic rings. The molecule has 0 atom stereocenters. The molecule has 2 rings (SSSR count). The van der Waals surface area contributed by atoms with E-state index in [4.69, 9.17) is 4.74 Å². The number of hydrogen-bond donors (Lipinski definition) is 2. The molecule has 19 heavy (non-hydrogen) atoms. The van der Waals surface area contributed by atoms with Crippen molar-refractivity contribution in [3.05, 3.63) is 23.8 Å². The Morgan fingerprint density at radius 1 is 1.42 bits per heavy atom. The van der Waals surface area contributed by atoms with Gasteiger partial charge in [0.05, 0.1) is 7.11 Å². The molecule has 4 heteroatoms. The Hall–Kier alpha value is -1.55. The Kier molecular flexibility index (Phi) is 4.80. The average Bonchev–Trinajstić information content (AvgIpc) is 2.40. The number of rotatable bonds is 4. The Morgan fingerprint density at radius 3 is 2.79 bits per heavy atom. The van der Waals surface area contributed by atoms with Crippen molar-refractivity contribution in [2.24, 2.45) is 5.92 Å². The number of benzene rings is 1. The molecule has 0 radical (unpaired) electrons. The molecule has 0 spiro atoms. The minimum Gasteiger partial charge on any atom is -0.496 e. The monoisotopic (exact) mass is 262 g/mol. The summed E-state index contributed by atoms with van der Waals surface area (Å²) >= 11 is 0. The topological polar surface area (TPSA) is 50.4 Å². The molecule has 0 unspecified atom stereocenters. The molecular formula is C15H22N2O2. The molecule has 1 aliphatic rings. The van der Waals surface area contributed by atoms with E-state index in [0.717, 1.165) is 42.9 Å². The van der Waals surface area contributed by atoms with E-state index in [-0.39, 0.29) is 5.91 Å². The van der Waals surface area contributed by atoms with Crippen LogP contribution in [0.4, 0.5) is 5.69 Å². The van der Waals surface area contributed by atoms with Crippen LogP contribution in [0.3, 0.4) is 0 Å². The first-order chi connectivity index (χ1) is 9.19. The van der Waals surface area contributed by atoms with Gasteiger partial charge in [0.1, 0.15) is 5.75 Å². The van der Waals surface area contributed by atoms with E-state index in [1.807, 2.05) is 25.1 Å². The van der Waals surface area contributed by atoms with E-state index in [1.54, 1.807) is 7.11 Å². The van der Waals surface area contributed by atoms with Gasteiger partial charge in [-0.05, 0) is 62.5 Å². The van der Waals surface area contributed by atoms with Gasteiger partial charge in [-0.3, -0.25) is 4.79 Å². The number of amides is 1. The maximum absolute atomic E-state index is 12.0. The summed E-state index contributed by atoms with van der Waals surface area (Å²) < 4.78 is 5.21. The Labute approximate surface area is 114 Å². The number of carbonyl (C=O) groups excluding carboxylic acids is 1. The first-order valence-corrected chi connectivity index (χ1v) is 6.84. The number of aryl methyl sites for hydroxylation is 1. The summed E-state index contributed by atoms with van der Waals surface area (Å²) in [7, 11) is 1.65. The van der Waals surface area contributed by atoms with Crippen LogP contribution in [0.5, 0.6) is 5.75 Å². The van der Waals surface area contributed by atoms with Gasteiger partial charge in [0.25, 0.3) is 0 Å². The quantitative estimate of drug-likeness (QED) is 0.875. The lowest BCUT2D eigenvalue weighted by Crippen LogP contribution is -2.30. The third-order valence-corrected chi connectivity index (χ3v) is 3.61. The fourth-order valence-corrected chi connectivity index (χ4v) is 2.52. The first kappa shape index (κ1) is 13.9. The summed E-state index contributed by atoms with van der Waals surface area (Å²) in [5.41, 5.74) is 1.87. The van der Waals surface area contributed by atoms with Gasteiger partial charge in [-0.25, -0.2) is 0 Å². The van der Waals surface area contributed by atoms with Gasteiger partial charge in [-0.2, -0.15) is 0 Å². The van der Waals surface area contributed by atoms with Crippen LogP contribution in [0, 0.1) is 12.8 Å². The predicted octanol–water partition coefficient (Wildman–Crippen LogP) is 2.33. The minimum absolute atomic E-state index is 0.108. The molecule has 0 saturated carbocycles. The highest BCUT2D eigenvalue weighted by Gasteiger charge is 2.16. The van der Waals surface area contributed by atoms with Crippen LogP contribution in [0.15, 0.2) is 18.2 Å². The highest BCUT2D eigenvalue weighted by molar-refractivity contribution is 5.91. The van der Waals surface area contributed by atoms with Crippen molar-refractivity contribution in [2.75, 3.05) is 25.5 Å². The van der Waals surface area contributed by atoms with Crippen LogP contribution in [0.25, 0.3) is 0 Å². The Morgan fingerprint density at radius 2 is 2.16 bits per heavy atom. The standard InChI is InChI=1S/C15H22N2O2/c1-11-9-13(3-4-14(11)19-2)17-15(18)10-12-5-7-16-8-6-12/h3-4,9,12,16H,5-8,10H2,1-2H3,(H,17,18). The fraction of sp³-hybridized carbons (Fsp3) is 0.533. The smallest absolute Gasteiger partial charge is 0.224 e. The number of methoxy groups -OCH3 is 1. The van der Waals surface area contributed by atoms with E-state index in [2.05, 4.69) is 10.6 Å². The molecule has 4 nitrogen and oxygen atoms in total. The van der Waals surface area contributed by atoms with Crippen LogP contribution >= 0.6 is 0 Å². The molecule has 1 heterocycles. The van der Waals surface area contributed by atoms with Crippen LogP contribution in [0.1, 0.15) is 24.8 Å². The van der Waals surface area contributed by atoms with Gasteiger partial charge in [0, 0.05) is 12.1 Å². The van der Waals surface area contributed by atoms with Crippen molar-refractivity contribution in [3.8, 4) is 5.75 Å². The maximum Gasteiger partial charge on any atom is 0.224 e. The van der Waals surface area contributed by atoms with Crippen molar-refractivity contribution in [2.45, 2.75) is 26.2 Å². The first-order valence-electron chi connectivity index (χ1n) is 6.84. The number of anilines is 1. The summed E-state index contributed by atoms with van der Waals surface area (Å²) in [5, 5.41) is 6.28. The van der Waals surface area contributed by atoms with Crippen LogP contribution < -0.4 is 15.4 Å². The molecule has 1 saturated heterocycles. The van der Waals surface area contributed by atoms with Gasteiger partial charge in [0.15, 0.2) is 0 Å². The summed E-state index contributed by atoms with van der Waals surface area (Å²) in [6, 6.07) is 5.71. The van der Waals surface area contributed by atoms with E-state index in [0.29, 0.717) is 12.3 Å². The zero-order chi connectivity index (χ0) is 13.7. The lowest BCUT2D eigenvalue weighted by molar-refractivity contribution is -0.117. The summed E-state index contributed by atoms with van der Waals surface area (Å²) in [6.07, 6.45) is 2.80. The number of ether oxygens (including phenoxy) is 1. The molecule has 1 amide bonds.